The van der Waals surface area contributed by atoms with E-state index in [0.29, 0.717) is 23.6 Å². The van der Waals surface area contributed by atoms with Crippen LogP contribution in [0.2, 0.25) is 0 Å². The Morgan fingerprint density at radius 2 is 1.83 bits per heavy atom. The molecule has 1 fully saturated rings. The highest BCUT2D eigenvalue weighted by Gasteiger charge is 2.10. The molecule has 0 spiro atoms. The summed E-state index contributed by atoms with van der Waals surface area (Å²) in [5.74, 6) is 6.35. The molecule has 0 aliphatic carbocycles. The quantitative estimate of drug-likeness (QED) is 0.289. The Morgan fingerprint density at radius 3 is 2.60 bits per heavy atom. The summed E-state index contributed by atoms with van der Waals surface area (Å²) >= 11 is 0. The summed E-state index contributed by atoms with van der Waals surface area (Å²) in [4.78, 5) is 12.9. The largest absolute Gasteiger partial charge is 0.379 e. The number of pyridine rings is 1. The van der Waals surface area contributed by atoms with Gasteiger partial charge < -0.3 is 4.74 Å². The molecule has 1 aromatic carbocycles. The summed E-state index contributed by atoms with van der Waals surface area (Å²) in [7, 11) is 0. The zero-order valence-corrected chi connectivity index (χ0v) is 16.6. The van der Waals surface area contributed by atoms with Crippen LogP contribution >= 0.6 is 0 Å². The van der Waals surface area contributed by atoms with E-state index >= 15 is 0 Å². The lowest BCUT2D eigenvalue weighted by Crippen LogP contribution is -2.35. The number of fused-ring (bicyclic) bond motifs is 1. The van der Waals surface area contributed by atoms with Crippen molar-refractivity contribution in [2.45, 2.75) is 13.0 Å². The van der Waals surface area contributed by atoms with Gasteiger partial charge in [-0.15, -0.1) is 5.10 Å². The third kappa shape index (κ3) is 5.02. The molecule has 0 unspecified atom stereocenters. The van der Waals surface area contributed by atoms with Crippen LogP contribution in [-0.2, 0) is 22.5 Å². The predicted octanol–water partition coefficient (Wildman–Crippen LogP) is 1.35. The van der Waals surface area contributed by atoms with Gasteiger partial charge in [-0.25, -0.2) is 9.58 Å². The molecule has 1 aliphatic heterocycles. The van der Waals surface area contributed by atoms with Crippen molar-refractivity contribution in [3.05, 3.63) is 65.0 Å². The Bertz CT molecular complexity index is 1060. The van der Waals surface area contributed by atoms with Crippen molar-refractivity contribution < 1.29 is 14.7 Å². The van der Waals surface area contributed by atoms with Gasteiger partial charge in [0.05, 0.1) is 31.0 Å². The molecule has 3 heterocycles. The lowest BCUT2D eigenvalue weighted by atomic mass is 10.1. The molecule has 3 aromatic rings. The Kier molecular flexibility index (Phi) is 6.35. The van der Waals surface area contributed by atoms with Gasteiger partial charge in [0.2, 0.25) is 6.41 Å². The zero-order chi connectivity index (χ0) is 20.8. The molecule has 2 aromatic heterocycles. The van der Waals surface area contributed by atoms with Crippen molar-refractivity contribution in [1.82, 2.24) is 24.8 Å². The van der Waals surface area contributed by atoms with Crippen LogP contribution in [-0.4, -0.2) is 69.3 Å². The van der Waals surface area contributed by atoms with E-state index in [0.717, 1.165) is 49.5 Å². The van der Waals surface area contributed by atoms with Crippen molar-refractivity contribution in [2.75, 3.05) is 32.8 Å². The number of amides is 1. The van der Waals surface area contributed by atoms with E-state index in [1.807, 2.05) is 30.5 Å². The van der Waals surface area contributed by atoms with E-state index in [1.165, 1.54) is 5.56 Å². The molecule has 0 radical (unpaired) electrons. The van der Waals surface area contributed by atoms with Crippen LogP contribution in [0.15, 0.2) is 42.6 Å². The maximum Gasteiger partial charge on any atom is 0.233 e. The number of aromatic nitrogens is 3. The number of carbonyl (C=O) groups excluding carboxylic acids is 1. The summed E-state index contributed by atoms with van der Waals surface area (Å²) in [5.41, 5.74) is 4.60. The molecule has 1 N–H and O–H groups in total. The van der Waals surface area contributed by atoms with Gasteiger partial charge in [0.25, 0.3) is 0 Å². The van der Waals surface area contributed by atoms with Gasteiger partial charge >= 0.3 is 0 Å². The lowest BCUT2D eigenvalue weighted by Gasteiger charge is -2.26. The molecule has 1 aliphatic rings. The predicted molar refractivity (Wildman–Crippen MR) is 110 cm³/mol. The molecule has 8 nitrogen and oxygen atoms in total. The number of rotatable bonds is 6. The SMILES string of the molecule is O=CN(O)CCc1nnn2cc(C#Cc3ccc(CN4CCOCC4)cc3)ccc12. The second-order valence-corrected chi connectivity index (χ2v) is 7.14. The molecule has 0 bridgehead atoms. The third-order valence-corrected chi connectivity index (χ3v) is 5.00. The summed E-state index contributed by atoms with van der Waals surface area (Å²) in [6.07, 6.45) is 2.61. The number of hydrogen-bond acceptors (Lipinski definition) is 6. The van der Waals surface area contributed by atoms with Crippen molar-refractivity contribution in [2.24, 2.45) is 0 Å². The standard InChI is InChI=1S/C22H23N5O3/c28-17-26(29)10-9-21-22-8-7-20(16-27(22)24-23-21)6-3-18-1-4-19(5-2-18)15-25-11-13-30-14-12-25/h1-2,4-5,7-8,16-17,29H,9-15H2. The highest BCUT2D eigenvalue weighted by Crippen LogP contribution is 2.11. The molecule has 4 rings (SSSR count). The first-order valence-corrected chi connectivity index (χ1v) is 9.87. The number of ether oxygens (including phenoxy) is 1. The molecule has 0 saturated carbocycles. The van der Waals surface area contributed by atoms with Crippen LogP contribution in [0.25, 0.3) is 5.52 Å². The highest BCUT2D eigenvalue weighted by atomic mass is 16.5. The molecular weight excluding hydrogens is 382 g/mol. The Labute approximate surface area is 174 Å². The van der Waals surface area contributed by atoms with Crippen molar-refractivity contribution in [1.29, 1.82) is 0 Å². The van der Waals surface area contributed by atoms with Gasteiger partial charge in [0.1, 0.15) is 0 Å². The first-order chi connectivity index (χ1) is 14.7. The van der Waals surface area contributed by atoms with E-state index in [9.17, 15) is 10.0 Å². The second kappa shape index (κ2) is 9.50. The van der Waals surface area contributed by atoms with Crippen molar-refractivity contribution in [3.63, 3.8) is 0 Å². The van der Waals surface area contributed by atoms with Gasteiger partial charge in [-0.2, -0.15) is 0 Å². The topological polar surface area (TPSA) is 83.2 Å². The van der Waals surface area contributed by atoms with Crippen LogP contribution < -0.4 is 0 Å². The number of benzene rings is 1. The average molecular weight is 405 g/mol. The van der Waals surface area contributed by atoms with E-state index in [4.69, 9.17) is 4.74 Å². The van der Waals surface area contributed by atoms with Gasteiger partial charge in [-0.05, 0) is 29.8 Å². The minimum atomic E-state index is 0.168. The molecule has 1 saturated heterocycles. The molecule has 8 heteroatoms. The molecular formula is C22H23N5O3. The fourth-order valence-electron chi connectivity index (χ4n) is 3.33. The highest BCUT2D eigenvalue weighted by molar-refractivity contribution is 5.54. The number of hydrogen-bond donors (Lipinski definition) is 1. The first kappa shape index (κ1) is 20.0. The summed E-state index contributed by atoms with van der Waals surface area (Å²) in [6.45, 7) is 4.66. The molecule has 154 valence electrons. The maximum absolute atomic E-state index is 10.5. The van der Waals surface area contributed by atoms with E-state index in [1.54, 1.807) is 4.52 Å². The number of hydroxylamine groups is 2. The van der Waals surface area contributed by atoms with Crippen LogP contribution in [0, 0.1) is 11.8 Å². The van der Waals surface area contributed by atoms with E-state index in [-0.39, 0.29) is 6.54 Å². The van der Waals surface area contributed by atoms with E-state index in [2.05, 4.69) is 39.2 Å². The third-order valence-electron chi connectivity index (χ3n) is 5.00. The minimum absolute atomic E-state index is 0.168. The zero-order valence-electron chi connectivity index (χ0n) is 16.6. The normalized spacial score (nSPS) is 14.3. The number of nitrogens with zero attached hydrogens (tertiary/aromatic N) is 5. The van der Waals surface area contributed by atoms with Crippen molar-refractivity contribution >= 4 is 11.9 Å². The van der Waals surface area contributed by atoms with Crippen LogP contribution in [0.5, 0.6) is 0 Å². The summed E-state index contributed by atoms with van der Waals surface area (Å²) in [5, 5.41) is 18.0. The maximum atomic E-state index is 10.5. The van der Waals surface area contributed by atoms with Gasteiger partial charge in [0.15, 0.2) is 0 Å². The summed E-state index contributed by atoms with van der Waals surface area (Å²) < 4.78 is 7.05. The van der Waals surface area contributed by atoms with Crippen molar-refractivity contribution in [3.8, 4) is 11.8 Å². The summed E-state index contributed by atoms with van der Waals surface area (Å²) in [6, 6.07) is 12.1. The minimum Gasteiger partial charge on any atom is -0.379 e. The monoisotopic (exact) mass is 405 g/mol. The number of morpholine rings is 1. The molecule has 0 atom stereocenters. The van der Waals surface area contributed by atoms with Gasteiger partial charge in [-0.3, -0.25) is 14.9 Å². The first-order valence-electron chi connectivity index (χ1n) is 9.87. The average Bonchev–Trinajstić information content (AvgIpc) is 3.20. The fraction of sp³-hybridized carbons (Fsp3) is 0.318. The van der Waals surface area contributed by atoms with Crippen LogP contribution in [0.1, 0.15) is 22.4 Å². The van der Waals surface area contributed by atoms with Gasteiger partial charge in [-0.1, -0.05) is 29.2 Å². The smallest absolute Gasteiger partial charge is 0.233 e. The Morgan fingerprint density at radius 1 is 1.10 bits per heavy atom. The van der Waals surface area contributed by atoms with Gasteiger partial charge in [0, 0.05) is 43.4 Å². The molecule has 30 heavy (non-hydrogen) atoms. The fourth-order valence-corrected chi connectivity index (χ4v) is 3.33. The number of carbonyl (C=O) groups is 1. The Balaban J connectivity index is 1.41. The molecule has 1 amide bonds. The van der Waals surface area contributed by atoms with E-state index < -0.39 is 0 Å². The second-order valence-electron chi connectivity index (χ2n) is 7.14. The lowest BCUT2D eigenvalue weighted by molar-refractivity contribution is -0.149. The Hall–Kier alpha value is -3.25. The van der Waals surface area contributed by atoms with Crippen LogP contribution in [0.3, 0.4) is 0 Å². The van der Waals surface area contributed by atoms with Crippen LogP contribution in [0.4, 0.5) is 0 Å².